The van der Waals surface area contributed by atoms with Gasteiger partial charge < -0.3 is 9.88 Å². The minimum atomic E-state index is -0.363. The van der Waals surface area contributed by atoms with E-state index in [1.54, 1.807) is 17.0 Å². The van der Waals surface area contributed by atoms with Crippen molar-refractivity contribution in [1.82, 2.24) is 14.9 Å². The third-order valence-corrected chi connectivity index (χ3v) is 3.82. The Kier molecular flexibility index (Phi) is 4.75. The summed E-state index contributed by atoms with van der Waals surface area (Å²) in [6.45, 7) is 5.77. The Labute approximate surface area is 130 Å². The Bertz CT molecular complexity index is 750. The van der Waals surface area contributed by atoms with Crippen molar-refractivity contribution in [1.29, 1.82) is 0 Å². The van der Waals surface area contributed by atoms with Crippen LogP contribution in [0.15, 0.2) is 35.4 Å². The molecule has 0 aromatic carbocycles. The normalized spacial score (nSPS) is 12.0. The average molecular weight is 299 g/mol. The number of nitrogens with zero attached hydrogens (tertiary/aromatic N) is 2. The molecular formula is C17H21N3O2. The van der Waals surface area contributed by atoms with Gasteiger partial charge in [0.1, 0.15) is 5.56 Å². The van der Waals surface area contributed by atoms with Crippen LogP contribution in [0.4, 0.5) is 0 Å². The van der Waals surface area contributed by atoms with Crippen molar-refractivity contribution in [3.63, 3.8) is 0 Å². The molecule has 2 rings (SSSR count). The highest BCUT2D eigenvalue weighted by atomic mass is 16.2. The van der Waals surface area contributed by atoms with Gasteiger partial charge in [-0.25, -0.2) is 0 Å². The highest BCUT2D eigenvalue weighted by Crippen LogP contribution is 2.18. The number of carbonyl (C=O) groups excluding carboxylic acids is 1. The van der Waals surface area contributed by atoms with Gasteiger partial charge in [-0.3, -0.25) is 14.6 Å². The first kappa shape index (κ1) is 15.9. The van der Waals surface area contributed by atoms with Crippen molar-refractivity contribution in [2.24, 2.45) is 7.05 Å². The van der Waals surface area contributed by atoms with Gasteiger partial charge in [0.2, 0.25) is 0 Å². The highest BCUT2D eigenvalue weighted by Gasteiger charge is 2.19. The maximum Gasteiger partial charge on any atom is 0.257 e. The molecule has 5 nitrogen and oxygen atoms in total. The fourth-order valence-corrected chi connectivity index (χ4v) is 2.36. The first-order chi connectivity index (χ1) is 10.4. The maximum absolute atomic E-state index is 12.4. The van der Waals surface area contributed by atoms with Crippen LogP contribution in [-0.2, 0) is 7.05 Å². The molecule has 0 fully saturated rings. The van der Waals surface area contributed by atoms with Crippen molar-refractivity contribution >= 4 is 5.91 Å². The molecule has 0 saturated heterocycles. The number of carbonyl (C=O) groups is 1. The van der Waals surface area contributed by atoms with Crippen LogP contribution in [0.3, 0.4) is 0 Å². The summed E-state index contributed by atoms with van der Waals surface area (Å²) in [6, 6.07) is 5.09. The summed E-state index contributed by atoms with van der Waals surface area (Å²) in [4.78, 5) is 28.8. The van der Waals surface area contributed by atoms with E-state index in [2.05, 4.69) is 10.3 Å². The zero-order chi connectivity index (χ0) is 16.3. The summed E-state index contributed by atoms with van der Waals surface area (Å²) < 4.78 is 1.77. The third-order valence-electron chi connectivity index (χ3n) is 3.82. The number of hydrogen-bond donors (Lipinski definition) is 1. The van der Waals surface area contributed by atoms with Crippen molar-refractivity contribution in [2.75, 3.05) is 0 Å². The Balaban J connectivity index is 2.29. The number of pyridine rings is 2. The van der Waals surface area contributed by atoms with E-state index >= 15 is 0 Å². The molecule has 0 unspecified atom stereocenters. The zero-order valence-electron chi connectivity index (χ0n) is 13.4. The summed E-state index contributed by atoms with van der Waals surface area (Å²) in [6.07, 6.45) is 3.99. The summed E-state index contributed by atoms with van der Waals surface area (Å²) in [5.41, 5.74) is 2.56. The van der Waals surface area contributed by atoms with Crippen LogP contribution in [0.25, 0.3) is 0 Å². The van der Waals surface area contributed by atoms with E-state index in [1.807, 2.05) is 40.0 Å². The summed E-state index contributed by atoms with van der Waals surface area (Å²) >= 11 is 0. The first-order valence-electron chi connectivity index (χ1n) is 7.33. The van der Waals surface area contributed by atoms with Crippen LogP contribution in [0, 0.1) is 13.8 Å². The molecule has 2 aromatic heterocycles. The second-order valence-corrected chi connectivity index (χ2v) is 5.44. The third kappa shape index (κ3) is 3.24. The van der Waals surface area contributed by atoms with Gasteiger partial charge in [0, 0.05) is 31.2 Å². The Morgan fingerprint density at radius 2 is 2.14 bits per heavy atom. The molecule has 0 radical (unpaired) electrons. The molecule has 116 valence electrons. The van der Waals surface area contributed by atoms with Crippen molar-refractivity contribution in [3.05, 3.63) is 63.3 Å². The van der Waals surface area contributed by atoms with Gasteiger partial charge in [0.05, 0.1) is 11.7 Å². The summed E-state index contributed by atoms with van der Waals surface area (Å²) in [5, 5.41) is 2.91. The van der Waals surface area contributed by atoms with Gasteiger partial charge >= 0.3 is 0 Å². The minimum absolute atomic E-state index is 0.153. The van der Waals surface area contributed by atoms with Crippen molar-refractivity contribution in [3.8, 4) is 0 Å². The second-order valence-electron chi connectivity index (χ2n) is 5.44. The number of nitrogens with one attached hydrogen (secondary N) is 1. The molecule has 2 aromatic rings. The molecule has 0 saturated carbocycles. The van der Waals surface area contributed by atoms with E-state index in [-0.39, 0.29) is 22.9 Å². The monoisotopic (exact) mass is 299 g/mol. The second kappa shape index (κ2) is 6.56. The molecule has 0 spiro atoms. The molecule has 0 bridgehead atoms. The number of aromatic nitrogens is 2. The summed E-state index contributed by atoms with van der Waals surface area (Å²) in [7, 11) is 1.81. The van der Waals surface area contributed by atoms with Crippen molar-refractivity contribution < 1.29 is 4.79 Å². The summed E-state index contributed by atoms with van der Waals surface area (Å²) in [5.74, 6) is -0.363. The number of hydrogen-bond acceptors (Lipinski definition) is 3. The number of aryl methyl sites for hydroxylation is 3. The smallest absolute Gasteiger partial charge is 0.257 e. The lowest BCUT2D eigenvalue weighted by molar-refractivity contribution is 0.0932. The van der Waals surface area contributed by atoms with Crippen LogP contribution in [0.1, 0.15) is 46.7 Å². The average Bonchev–Trinajstić information content (AvgIpc) is 2.49. The molecule has 22 heavy (non-hydrogen) atoms. The van der Waals surface area contributed by atoms with Crippen molar-refractivity contribution in [2.45, 2.75) is 33.2 Å². The predicted octanol–water partition coefficient (Wildman–Crippen LogP) is 2.28. The van der Waals surface area contributed by atoms with Crippen LogP contribution < -0.4 is 10.7 Å². The lowest BCUT2D eigenvalue weighted by Gasteiger charge is -2.18. The Hall–Kier alpha value is -2.43. The van der Waals surface area contributed by atoms with E-state index < -0.39 is 0 Å². The van der Waals surface area contributed by atoms with E-state index in [4.69, 9.17) is 0 Å². The van der Waals surface area contributed by atoms with Crippen LogP contribution in [0.2, 0.25) is 0 Å². The highest BCUT2D eigenvalue weighted by molar-refractivity contribution is 5.94. The Morgan fingerprint density at radius 3 is 2.77 bits per heavy atom. The number of rotatable bonds is 4. The molecule has 0 aliphatic heterocycles. The fraction of sp³-hybridized carbons (Fsp3) is 0.353. The molecule has 5 heteroatoms. The molecule has 1 N–H and O–H groups in total. The van der Waals surface area contributed by atoms with Gasteiger partial charge in [0.25, 0.3) is 5.91 Å². The van der Waals surface area contributed by atoms with E-state index in [9.17, 15) is 9.59 Å². The van der Waals surface area contributed by atoms with Gasteiger partial charge in [-0.1, -0.05) is 13.0 Å². The fourth-order valence-electron chi connectivity index (χ4n) is 2.36. The molecule has 1 amide bonds. The lowest BCUT2D eigenvalue weighted by Crippen LogP contribution is -2.33. The van der Waals surface area contributed by atoms with E-state index in [0.29, 0.717) is 6.42 Å². The first-order valence-corrected chi connectivity index (χ1v) is 7.33. The van der Waals surface area contributed by atoms with Crippen LogP contribution in [0.5, 0.6) is 0 Å². The standard InChI is InChI=1S/C17H21N3O2/c1-5-14(16-11(2)7-6-8-18-16)19-17(22)13-10-20(4)12(3)9-15(13)21/h6-10,14H,5H2,1-4H3,(H,19,22)/t14-/m1/s1. The van der Waals surface area contributed by atoms with Crippen LogP contribution in [-0.4, -0.2) is 15.5 Å². The quantitative estimate of drug-likeness (QED) is 0.942. The van der Waals surface area contributed by atoms with Gasteiger partial charge in [0.15, 0.2) is 5.43 Å². The van der Waals surface area contributed by atoms with Gasteiger partial charge in [-0.05, 0) is 31.9 Å². The topological polar surface area (TPSA) is 64.0 Å². The van der Waals surface area contributed by atoms with E-state index in [1.165, 1.54) is 6.07 Å². The number of amides is 1. The van der Waals surface area contributed by atoms with Crippen LogP contribution >= 0.6 is 0 Å². The molecule has 0 aliphatic rings. The lowest BCUT2D eigenvalue weighted by atomic mass is 10.1. The van der Waals surface area contributed by atoms with Gasteiger partial charge in [-0.2, -0.15) is 0 Å². The minimum Gasteiger partial charge on any atom is -0.354 e. The molecular weight excluding hydrogens is 278 g/mol. The van der Waals surface area contributed by atoms with E-state index in [0.717, 1.165) is 17.0 Å². The maximum atomic E-state index is 12.4. The molecule has 2 heterocycles. The van der Waals surface area contributed by atoms with Gasteiger partial charge in [-0.15, -0.1) is 0 Å². The molecule has 0 aliphatic carbocycles. The Morgan fingerprint density at radius 1 is 1.41 bits per heavy atom. The largest absolute Gasteiger partial charge is 0.354 e. The zero-order valence-corrected chi connectivity index (χ0v) is 13.4. The SMILES string of the molecule is CC[C@@H](NC(=O)c1cn(C)c(C)cc1=O)c1ncccc1C. The molecule has 1 atom stereocenters. The predicted molar refractivity (Wildman–Crippen MR) is 85.9 cm³/mol.